The maximum Gasteiger partial charge on any atom is 0.191 e. The molecule has 0 spiro atoms. The molecular weight excluding hydrogens is 330 g/mol. The fourth-order valence-electron chi connectivity index (χ4n) is 2.53. The summed E-state index contributed by atoms with van der Waals surface area (Å²) in [4.78, 5) is 4.61. The van der Waals surface area contributed by atoms with Crippen molar-refractivity contribution in [1.29, 1.82) is 0 Å². The van der Waals surface area contributed by atoms with Gasteiger partial charge >= 0.3 is 0 Å². The number of guanidine groups is 1. The molecule has 6 heteroatoms. The highest BCUT2D eigenvalue weighted by Crippen LogP contribution is 2.27. The number of hydrogen-bond acceptors (Lipinski definition) is 4. The molecule has 0 saturated heterocycles. The van der Waals surface area contributed by atoms with E-state index in [9.17, 15) is 5.11 Å². The minimum Gasteiger partial charge on any atom is -0.508 e. The van der Waals surface area contributed by atoms with Crippen molar-refractivity contribution >= 4 is 5.96 Å². The second-order valence-electron chi connectivity index (χ2n) is 5.73. The number of ether oxygens (including phenoxy) is 2. The van der Waals surface area contributed by atoms with E-state index in [0.717, 1.165) is 36.6 Å². The number of benzene rings is 2. The van der Waals surface area contributed by atoms with E-state index >= 15 is 0 Å². The highest BCUT2D eigenvalue weighted by molar-refractivity contribution is 5.79. The van der Waals surface area contributed by atoms with E-state index in [2.05, 4.69) is 15.6 Å². The van der Waals surface area contributed by atoms with Crippen molar-refractivity contribution in [2.45, 2.75) is 19.9 Å². The quantitative estimate of drug-likeness (QED) is 0.500. The first-order valence-electron chi connectivity index (χ1n) is 8.67. The number of aliphatic imine (C=N–C) groups is 1. The van der Waals surface area contributed by atoms with E-state index in [-0.39, 0.29) is 5.75 Å². The number of nitrogens with zero attached hydrogens (tertiary/aromatic N) is 1. The Morgan fingerprint density at radius 3 is 2.50 bits per heavy atom. The van der Waals surface area contributed by atoms with E-state index in [1.165, 1.54) is 0 Å². The zero-order valence-electron chi connectivity index (χ0n) is 15.6. The van der Waals surface area contributed by atoms with Crippen molar-refractivity contribution in [3.8, 4) is 17.2 Å². The van der Waals surface area contributed by atoms with Gasteiger partial charge in [-0.15, -0.1) is 0 Å². The molecule has 2 aromatic carbocycles. The van der Waals surface area contributed by atoms with Crippen LogP contribution in [0.3, 0.4) is 0 Å². The Morgan fingerprint density at radius 1 is 1.00 bits per heavy atom. The Hall–Kier alpha value is -2.89. The number of aromatic hydroxyl groups is 1. The van der Waals surface area contributed by atoms with Gasteiger partial charge in [-0.05, 0) is 48.7 Å². The number of phenols is 1. The highest BCUT2D eigenvalue weighted by Gasteiger charge is 2.05. The van der Waals surface area contributed by atoms with Gasteiger partial charge in [0.05, 0.1) is 20.8 Å². The van der Waals surface area contributed by atoms with Gasteiger partial charge in [0.25, 0.3) is 0 Å². The molecule has 0 fully saturated rings. The smallest absolute Gasteiger partial charge is 0.191 e. The monoisotopic (exact) mass is 357 g/mol. The van der Waals surface area contributed by atoms with Crippen molar-refractivity contribution in [3.63, 3.8) is 0 Å². The van der Waals surface area contributed by atoms with Gasteiger partial charge in [0.15, 0.2) is 17.5 Å². The molecule has 0 radical (unpaired) electrons. The summed E-state index contributed by atoms with van der Waals surface area (Å²) in [6, 6.07) is 13.1. The van der Waals surface area contributed by atoms with Gasteiger partial charge in [-0.2, -0.15) is 0 Å². The van der Waals surface area contributed by atoms with Gasteiger partial charge in [0.1, 0.15) is 5.75 Å². The maximum absolute atomic E-state index is 9.52. The Morgan fingerprint density at radius 2 is 1.81 bits per heavy atom. The molecule has 0 aliphatic carbocycles. The van der Waals surface area contributed by atoms with Crippen LogP contribution in [-0.4, -0.2) is 38.4 Å². The zero-order chi connectivity index (χ0) is 18.8. The molecule has 0 amide bonds. The largest absolute Gasteiger partial charge is 0.508 e. The van der Waals surface area contributed by atoms with Crippen LogP contribution in [0.5, 0.6) is 17.2 Å². The van der Waals surface area contributed by atoms with E-state index < -0.39 is 0 Å². The number of methoxy groups -OCH3 is 2. The molecule has 0 aliphatic heterocycles. The average molecular weight is 357 g/mol. The fourth-order valence-corrected chi connectivity index (χ4v) is 2.53. The molecule has 140 valence electrons. The van der Waals surface area contributed by atoms with E-state index in [4.69, 9.17) is 9.47 Å². The standard InChI is InChI=1S/C20H27N3O3/c1-4-21-20(22-11-10-15-6-5-7-17(24)12-15)23-14-16-8-9-18(25-2)19(13-16)26-3/h5-9,12-13,24H,4,10-11,14H2,1-3H3,(H2,21,22,23). The normalized spacial score (nSPS) is 11.1. The lowest BCUT2D eigenvalue weighted by molar-refractivity contribution is 0.354. The van der Waals surface area contributed by atoms with Gasteiger partial charge < -0.3 is 25.2 Å². The molecule has 0 aromatic heterocycles. The third-order valence-corrected chi connectivity index (χ3v) is 3.83. The molecule has 0 unspecified atom stereocenters. The van der Waals surface area contributed by atoms with Crippen LogP contribution in [0.25, 0.3) is 0 Å². The molecule has 26 heavy (non-hydrogen) atoms. The molecule has 0 atom stereocenters. The predicted octanol–water partition coefficient (Wildman–Crippen LogP) is 2.71. The summed E-state index contributed by atoms with van der Waals surface area (Å²) < 4.78 is 10.6. The van der Waals surface area contributed by atoms with Crippen LogP contribution < -0.4 is 20.1 Å². The van der Waals surface area contributed by atoms with Crippen LogP contribution in [0, 0.1) is 0 Å². The average Bonchev–Trinajstić information content (AvgIpc) is 2.66. The van der Waals surface area contributed by atoms with Crippen molar-refractivity contribution in [2.24, 2.45) is 4.99 Å². The Labute approximate surface area is 154 Å². The minimum absolute atomic E-state index is 0.288. The fraction of sp³-hybridized carbons (Fsp3) is 0.350. The Bertz CT molecular complexity index is 732. The molecule has 0 saturated carbocycles. The van der Waals surface area contributed by atoms with Crippen LogP contribution >= 0.6 is 0 Å². The van der Waals surface area contributed by atoms with Crippen molar-refractivity contribution in [3.05, 3.63) is 53.6 Å². The molecule has 0 bridgehead atoms. The Balaban J connectivity index is 1.95. The lowest BCUT2D eigenvalue weighted by atomic mass is 10.1. The first-order valence-corrected chi connectivity index (χ1v) is 8.67. The van der Waals surface area contributed by atoms with Crippen LogP contribution in [0.2, 0.25) is 0 Å². The molecular formula is C20H27N3O3. The summed E-state index contributed by atoms with van der Waals surface area (Å²) >= 11 is 0. The first-order chi connectivity index (χ1) is 12.7. The summed E-state index contributed by atoms with van der Waals surface area (Å²) in [6.45, 7) is 4.07. The SMILES string of the molecule is CCNC(=NCc1ccc(OC)c(OC)c1)NCCc1cccc(O)c1. The molecule has 6 nitrogen and oxygen atoms in total. The second kappa shape index (κ2) is 10.2. The molecule has 0 aliphatic rings. The summed E-state index contributed by atoms with van der Waals surface area (Å²) in [7, 11) is 3.24. The van der Waals surface area contributed by atoms with Gasteiger partial charge in [-0.3, -0.25) is 0 Å². The topological polar surface area (TPSA) is 75.1 Å². The molecule has 2 rings (SSSR count). The number of phenolic OH excluding ortho intramolecular Hbond substituents is 1. The van der Waals surface area contributed by atoms with E-state index in [0.29, 0.717) is 18.0 Å². The van der Waals surface area contributed by atoms with Gasteiger partial charge in [-0.1, -0.05) is 18.2 Å². The zero-order valence-corrected chi connectivity index (χ0v) is 15.6. The van der Waals surface area contributed by atoms with Crippen LogP contribution in [0.15, 0.2) is 47.5 Å². The first kappa shape index (κ1) is 19.4. The van der Waals surface area contributed by atoms with Gasteiger partial charge in [0, 0.05) is 13.1 Å². The van der Waals surface area contributed by atoms with Crippen LogP contribution in [0.1, 0.15) is 18.1 Å². The number of nitrogens with one attached hydrogen (secondary N) is 2. The summed E-state index contributed by atoms with van der Waals surface area (Å²) in [6.07, 6.45) is 0.801. The summed E-state index contributed by atoms with van der Waals surface area (Å²) in [5, 5.41) is 16.1. The number of hydrogen-bond donors (Lipinski definition) is 3. The van der Waals surface area contributed by atoms with Crippen molar-refractivity contribution < 1.29 is 14.6 Å². The van der Waals surface area contributed by atoms with Crippen LogP contribution in [-0.2, 0) is 13.0 Å². The minimum atomic E-state index is 0.288. The predicted molar refractivity (Wildman–Crippen MR) is 104 cm³/mol. The maximum atomic E-state index is 9.52. The van der Waals surface area contributed by atoms with Crippen LogP contribution in [0.4, 0.5) is 0 Å². The lowest BCUT2D eigenvalue weighted by Crippen LogP contribution is -2.38. The Kier molecular flexibility index (Phi) is 7.61. The molecule has 0 heterocycles. The van der Waals surface area contributed by atoms with Gasteiger partial charge in [-0.25, -0.2) is 4.99 Å². The van der Waals surface area contributed by atoms with Crippen molar-refractivity contribution in [1.82, 2.24) is 10.6 Å². The lowest BCUT2D eigenvalue weighted by Gasteiger charge is -2.12. The summed E-state index contributed by atoms with van der Waals surface area (Å²) in [5.41, 5.74) is 2.11. The van der Waals surface area contributed by atoms with E-state index in [1.54, 1.807) is 26.4 Å². The third-order valence-electron chi connectivity index (χ3n) is 3.83. The molecule has 2 aromatic rings. The molecule has 3 N–H and O–H groups in total. The summed E-state index contributed by atoms with van der Waals surface area (Å²) in [5.74, 6) is 2.44. The highest BCUT2D eigenvalue weighted by atomic mass is 16.5. The van der Waals surface area contributed by atoms with Crippen molar-refractivity contribution in [2.75, 3.05) is 27.3 Å². The third kappa shape index (κ3) is 5.88. The second-order valence-corrected chi connectivity index (χ2v) is 5.73. The number of rotatable bonds is 8. The van der Waals surface area contributed by atoms with E-state index in [1.807, 2.05) is 37.3 Å². The van der Waals surface area contributed by atoms with Gasteiger partial charge in [0.2, 0.25) is 0 Å².